The van der Waals surface area contributed by atoms with Gasteiger partial charge in [-0.15, -0.1) is 0 Å². The SMILES string of the molecule is COc1cccc(Nc2nc(-c3ccc(Cl)cc3)ncc2C(=O)NCC[C@@H]2CCCN2C)c1. The van der Waals surface area contributed by atoms with Gasteiger partial charge in [-0.25, -0.2) is 9.97 Å². The molecule has 0 radical (unpaired) electrons. The van der Waals surface area contributed by atoms with Crippen molar-refractivity contribution < 1.29 is 9.53 Å². The van der Waals surface area contributed by atoms with E-state index < -0.39 is 0 Å². The molecule has 0 spiro atoms. The molecule has 1 saturated heterocycles. The molecule has 1 fully saturated rings. The second-order valence-corrected chi connectivity index (χ2v) is 8.58. The van der Waals surface area contributed by atoms with Crippen LogP contribution in [0.15, 0.2) is 54.7 Å². The quantitative estimate of drug-likeness (QED) is 0.499. The molecule has 1 aliphatic rings. The number of likely N-dealkylation sites (tertiary alicyclic amines) is 1. The third-order valence-electron chi connectivity index (χ3n) is 5.90. The molecule has 1 aromatic heterocycles. The molecule has 172 valence electrons. The van der Waals surface area contributed by atoms with Gasteiger partial charge >= 0.3 is 0 Å². The number of hydrogen-bond donors (Lipinski definition) is 2. The Morgan fingerprint density at radius 2 is 2.06 bits per heavy atom. The third kappa shape index (κ3) is 5.80. The fraction of sp³-hybridized carbons (Fsp3) is 0.320. The number of hydrogen-bond acceptors (Lipinski definition) is 6. The Hall–Kier alpha value is -3.16. The number of rotatable bonds is 8. The van der Waals surface area contributed by atoms with Gasteiger partial charge in [0.2, 0.25) is 0 Å². The maximum Gasteiger partial charge on any atom is 0.256 e. The van der Waals surface area contributed by atoms with Crippen LogP contribution in [0.3, 0.4) is 0 Å². The van der Waals surface area contributed by atoms with Crippen molar-refractivity contribution in [3.8, 4) is 17.1 Å². The standard InChI is InChI=1S/C25H28ClN5O2/c1-31-14-4-6-20(31)12-13-27-25(32)22-16-28-23(17-8-10-18(26)11-9-17)30-24(22)29-19-5-3-7-21(15-19)33-2/h3,5,7-11,15-16,20H,4,6,12-14H2,1-2H3,(H,27,32)(H,28,29,30)/t20-/m0/s1. The third-order valence-corrected chi connectivity index (χ3v) is 6.15. The summed E-state index contributed by atoms with van der Waals surface area (Å²) in [5, 5.41) is 6.93. The lowest BCUT2D eigenvalue weighted by Crippen LogP contribution is -2.32. The number of aromatic nitrogens is 2. The second kappa shape index (κ2) is 10.6. The van der Waals surface area contributed by atoms with Gasteiger partial charge < -0.3 is 20.3 Å². The maximum atomic E-state index is 13.0. The van der Waals surface area contributed by atoms with Crippen LogP contribution in [-0.4, -0.2) is 54.1 Å². The predicted octanol–water partition coefficient (Wildman–Crippen LogP) is 4.76. The number of carbonyl (C=O) groups excluding carboxylic acids is 1. The molecular formula is C25H28ClN5O2. The molecule has 8 heteroatoms. The molecule has 2 heterocycles. The molecular weight excluding hydrogens is 438 g/mol. The van der Waals surface area contributed by atoms with Crippen LogP contribution in [0.25, 0.3) is 11.4 Å². The molecule has 2 N–H and O–H groups in total. The summed E-state index contributed by atoms with van der Waals surface area (Å²) in [4.78, 5) is 24.5. The van der Waals surface area contributed by atoms with E-state index in [9.17, 15) is 4.79 Å². The van der Waals surface area contributed by atoms with E-state index in [1.165, 1.54) is 12.8 Å². The van der Waals surface area contributed by atoms with Crippen molar-refractivity contribution in [1.82, 2.24) is 20.2 Å². The molecule has 33 heavy (non-hydrogen) atoms. The van der Waals surface area contributed by atoms with Crippen LogP contribution >= 0.6 is 11.6 Å². The zero-order valence-corrected chi connectivity index (χ0v) is 19.6. The van der Waals surface area contributed by atoms with Crippen LogP contribution in [0.2, 0.25) is 5.02 Å². The molecule has 4 rings (SSSR count). The molecule has 1 atom stereocenters. The Morgan fingerprint density at radius 1 is 1.24 bits per heavy atom. The van der Waals surface area contributed by atoms with Gasteiger partial charge in [-0.05, 0) is 69.3 Å². The minimum Gasteiger partial charge on any atom is -0.497 e. The van der Waals surface area contributed by atoms with E-state index >= 15 is 0 Å². The molecule has 3 aromatic rings. The number of halogens is 1. The van der Waals surface area contributed by atoms with Crippen molar-refractivity contribution in [2.24, 2.45) is 0 Å². The number of carbonyl (C=O) groups is 1. The molecule has 1 amide bonds. The maximum absolute atomic E-state index is 13.0. The van der Waals surface area contributed by atoms with Crippen LogP contribution in [0.5, 0.6) is 5.75 Å². The first-order chi connectivity index (χ1) is 16.0. The number of amides is 1. The number of nitrogens with one attached hydrogen (secondary N) is 2. The Labute approximate surface area is 199 Å². The van der Waals surface area contributed by atoms with E-state index in [-0.39, 0.29) is 5.91 Å². The summed E-state index contributed by atoms with van der Waals surface area (Å²) in [5.41, 5.74) is 1.95. The molecule has 0 unspecified atom stereocenters. The summed E-state index contributed by atoms with van der Waals surface area (Å²) < 4.78 is 5.32. The smallest absolute Gasteiger partial charge is 0.256 e. The van der Waals surface area contributed by atoms with Crippen molar-refractivity contribution >= 4 is 29.0 Å². The summed E-state index contributed by atoms with van der Waals surface area (Å²) in [6.45, 7) is 1.72. The van der Waals surface area contributed by atoms with Gasteiger partial charge in [-0.3, -0.25) is 4.79 Å². The molecule has 0 aliphatic carbocycles. The fourth-order valence-corrected chi connectivity index (χ4v) is 4.14. The van der Waals surface area contributed by atoms with Crippen molar-refractivity contribution in [1.29, 1.82) is 0 Å². The number of ether oxygens (including phenoxy) is 1. The van der Waals surface area contributed by atoms with Gasteiger partial charge in [0.25, 0.3) is 5.91 Å². The minimum absolute atomic E-state index is 0.205. The summed E-state index contributed by atoms with van der Waals surface area (Å²) in [6, 6.07) is 15.3. The molecule has 0 bridgehead atoms. The molecule has 2 aromatic carbocycles. The number of methoxy groups -OCH3 is 1. The Bertz CT molecular complexity index is 1110. The van der Waals surface area contributed by atoms with Crippen molar-refractivity contribution in [2.45, 2.75) is 25.3 Å². The summed E-state index contributed by atoms with van der Waals surface area (Å²) in [6.07, 6.45) is 4.87. The second-order valence-electron chi connectivity index (χ2n) is 8.14. The van der Waals surface area contributed by atoms with Gasteiger partial charge in [-0.1, -0.05) is 17.7 Å². The van der Waals surface area contributed by atoms with Crippen molar-refractivity contribution in [3.63, 3.8) is 0 Å². The summed E-state index contributed by atoms with van der Waals surface area (Å²) in [7, 11) is 3.75. The Kier molecular flexibility index (Phi) is 7.42. The van der Waals surface area contributed by atoms with Crippen LogP contribution in [-0.2, 0) is 0 Å². The zero-order valence-electron chi connectivity index (χ0n) is 18.8. The van der Waals surface area contributed by atoms with Gasteiger partial charge in [0.05, 0.1) is 7.11 Å². The zero-order chi connectivity index (χ0) is 23.2. The van der Waals surface area contributed by atoms with Crippen LogP contribution < -0.4 is 15.4 Å². The van der Waals surface area contributed by atoms with Crippen LogP contribution in [0.4, 0.5) is 11.5 Å². The highest BCUT2D eigenvalue weighted by Gasteiger charge is 2.21. The summed E-state index contributed by atoms with van der Waals surface area (Å²) in [5.74, 6) is 1.43. The van der Waals surface area contributed by atoms with Gasteiger partial charge in [0.1, 0.15) is 17.1 Å². The highest BCUT2D eigenvalue weighted by atomic mass is 35.5. The first-order valence-corrected chi connectivity index (χ1v) is 11.4. The minimum atomic E-state index is -0.205. The Balaban J connectivity index is 1.57. The lowest BCUT2D eigenvalue weighted by atomic mass is 10.1. The van der Waals surface area contributed by atoms with E-state index in [1.54, 1.807) is 25.4 Å². The van der Waals surface area contributed by atoms with E-state index in [0.717, 1.165) is 24.2 Å². The summed E-state index contributed by atoms with van der Waals surface area (Å²) >= 11 is 6.02. The lowest BCUT2D eigenvalue weighted by molar-refractivity contribution is 0.0950. The largest absolute Gasteiger partial charge is 0.497 e. The van der Waals surface area contributed by atoms with Crippen molar-refractivity contribution in [3.05, 3.63) is 65.3 Å². The van der Waals surface area contributed by atoms with Crippen LogP contribution in [0.1, 0.15) is 29.6 Å². The van der Waals surface area contributed by atoms with E-state index in [1.807, 2.05) is 36.4 Å². The topological polar surface area (TPSA) is 79.4 Å². The molecule has 0 saturated carbocycles. The van der Waals surface area contributed by atoms with Gasteiger partial charge in [0, 0.05) is 41.1 Å². The van der Waals surface area contributed by atoms with Gasteiger partial charge in [0.15, 0.2) is 5.82 Å². The number of anilines is 2. The first kappa shape index (κ1) is 23.0. The van der Waals surface area contributed by atoms with Crippen LogP contribution in [0, 0.1) is 0 Å². The highest BCUT2D eigenvalue weighted by molar-refractivity contribution is 6.30. The number of nitrogens with zero attached hydrogens (tertiary/aromatic N) is 3. The monoisotopic (exact) mass is 465 g/mol. The fourth-order valence-electron chi connectivity index (χ4n) is 4.01. The van der Waals surface area contributed by atoms with E-state index in [0.29, 0.717) is 40.6 Å². The Morgan fingerprint density at radius 3 is 2.79 bits per heavy atom. The van der Waals surface area contributed by atoms with E-state index in [2.05, 4.69) is 32.5 Å². The van der Waals surface area contributed by atoms with Gasteiger partial charge in [-0.2, -0.15) is 0 Å². The van der Waals surface area contributed by atoms with Crippen molar-refractivity contribution in [2.75, 3.05) is 32.6 Å². The lowest BCUT2D eigenvalue weighted by Gasteiger charge is -2.19. The highest BCUT2D eigenvalue weighted by Crippen LogP contribution is 2.26. The first-order valence-electron chi connectivity index (χ1n) is 11.1. The average molecular weight is 466 g/mol. The number of benzene rings is 2. The van der Waals surface area contributed by atoms with E-state index in [4.69, 9.17) is 16.3 Å². The molecule has 1 aliphatic heterocycles. The predicted molar refractivity (Wildman–Crippen MR) is 131 cm³/mol. The normalized spacial score (nSPS) is 15.9. The molecule has 7 nitrogen and oxygen atoms in total. The average Bonchev–Trinajstić information content (AvgIpc) is 3.24.